The number of thioether (sulfide) groups is 1. The summed E-state index contributed by atoms with van der Waals surface area (Å²) < 4.78 is 0. The second-order valence-corrected chi connectivity index (χ2v) is 6.13. The number of carbonyl (C=O) groups excluding carboxylic acids is 1. The van der Waals surface area contributed by atoms with Gasteiger partial charge in [0.25, 0.3) is 0 Å². The van der Waals surface area contributed by atoms with Crippen LogP contribution in [-0.2, 0) is 4.79 Å². The fourth-order valence-electron chi connectivity index (χ4n) is 1.71. The van der Waals surface area contributed by atoms with Gasteiger partial charge in [-0.3, -0.25) is 4.79 Å². The van der Waals surface area contributed by atoms with Crippen molar-refractivity contribution in [3.63, 3.8) is 0 Å². The molecule has 4 heteroatoms. The largest absolute Gasteiger partial charge is 0.352 e. The van der Waals surface area contributed by atoms with Crippen molar-refractivity contribution in [2.45, 2.75) is 31.6 Å². The number of rotatable bonds is 2. The topological polar surface area (TPSA) is 41.1 Å². The van der Waals surface area contributed by atoms with E-state index in [1.165, 1.54) is 0 Å². The maximum absolute atomic E-state index is 11.8. The van der Waals surface area contributed by atoms with E-state index in [0.717, 1.165) is 25.3 Å². The lowest BCUT2D eigenvalue weighted by atomic mass is 10.2. The molecule has 2 unspecified atom stereocenters. The van der Waals surface area contributed by atoms with Gasteiger partial charge in [0.15, 0.2) is 0 Å². The molecule has 0 spiro atoms. The molecule has 1 aliphatic carbocycles. The Morgan fingerprint density at radius 2 is 2.29 bits per heavy atom. The highest BCUT2D eigenvalue weighted by Crippen LogP contribution is 2.44. The molecule has 0 radical (unpaired) electrons. The third-order valence-electron chi connectivity index (χ3n) is 3.05. The summed E-state index contributed by atoms with van der Waals surface area (Å²) in [6.07, 6.45) is 1.13. The van der Waals surface area contributed by atoms with Gasteiger partial charge in [-0.15, -0.1) is 11.8 Å². The number of amides is 1. The van der Waals surface area contributed by atoms with E-state index >= 15 is 0 Å². The summed E-state index contributed by atoms with van der Waals surface area (Å²) in [6, 6.07) is 0.414. The Labute approximate surface area is 89.4 Å². The highest BCUT2D eigenvalue weighted by Gasteiger charge is 2.47. The van der Waals surface area contributed by atoms with Crippen molar-refractivity contribution in [3.8, 4) is 0 Å². The van der Waals surface area contributed by atoms with Crippen molar-refractivity contribution >= 4 is 17.7 Å². The minimum Gasteiger partial charge on any atom is -0.352 e. The van der Waals surface area contributed by atoms with Crippen LogP contribution in [-0.4, -0.2) is 36.0 Å². The third kappa shape index (κ3) is 2.23. The molecule has 0 aromatic rings. The molecule has 1 heterocycles. The van der Waals surface area contributed by atoms with Crippen LogP contribution in [0.15, 0.2) is 0 Å². The van der Waals surface area contributed by atoms with Crippen LogP contribution >= 0.6 is 11.8 Å². The molecule has 80 valence electrons. The number of hydrogen-bond acceptors (Lipinski definition) is 3. The summed E-state index contributed by atoms with van der Waals surface area (Å²) in [5.41, 5.74) is 0.336. The Morgan fingerprint density at radius 1 is 1.57 bits per heavy atom. The van der Waals surface area contributed by atoms with Crippen LogP contribution in [0.5, 0.6) is 0 Å². The first-order valence-corrected chi connectivity index (χ1v) is 6.27. The van der Waals surface area contributed by atoms with Crippen molar-refractivity contribution < 1.29 is 4.79 Å². The van der Waals surface area contributed by atoms with Gasteiger partial charge in [-0.1, -0.05) is 13.8 Å². The highest BCUT2D eigenvalue weighted by atomic mass is 32.2. The molecular weight excluding hydrogens is 196 g/mol. The number of nitrogens with one attached hydrogen (secondary N) is 2. The number of carbonyl (C=O) groups is 1. The average molecular weight is 214 g/mol. The SMILES string of the molecule is CC1(C)CC1NC(=O)C1CNCCS1. The van der Waals surface area contributed by atoms with Gasteiger partial charge in [0.05, 0.1) is 5.25 Å². The molecule has 3 nitrogen and oxygen atoms in total. The zero-order chi connectivity index (χ0) is 10.2. The second-order valence-electron chi connectivity index (χ2n) is 4.82. The second kappa shape index (κ2) is 3.74. The standard InChI is InChI=1S/C10H18N2OS/c1-10(2)5-8(10)12-9(13)7-6-11-3-4-14-7/h7-8,11H,3-6H2,1-2H3,(H,12,13). The zero-order valence-electron chi connectivity index (χ0n) is 8.80. The van der Waals surface area contributed by atoms with Gasteiger partial charge in [0.2, 0.25) is 5.91 Å². The van der Waals surface area contributed by atoms with Crippen LogP contribution in [0.1, 0.15) is 20.3 Å². The Hall–Kier alpha value is -0.220. The van der Waals surface area contributed by atoms with Crippen molar-refractivity contribution in [1.82, 2.24) is 10.6 Å². The van der Waals surface area contributed by atoms with E-state index in [4.69, 9.17) is 0 Å². The minimum absolute atomic E-state index is 0.125. The van der Waals surface area contributed by atoms with Crippen molar-refractivity contribution in [2.24, 2.45) is 5.41 Å². The summed E-state index contributed by atoms with van der Waals surface area (Å²) in [4.78, 5) is 11.8. The molecule has 1 aliphatic heterocycles. The summed E-state index contributed by atoms with van der Waals surface area (Å²) in [5, 5.41) is 6.49. The first-order valence-electron chi connectivity index (χ1n) is 5.22. The molecule has 2 aliphatic rings. The monoisotopic (exact) mass is 214 g/mol. The first-order chi connectivity index (χ1) is 6.59. The fraction of sp³-hybridized carbons (Fsp3) is 0.900. The van der Waals surface area contributed by atoms with E-state index in [0.29, 0.717) is 11.5 Å². The lowest BCUT2D eigenvalue weighted by Crippen LogP contribution is -2.44. The molecule has 0 bridgehead atoms. The maximum atomic E-state index is 11.8. The van der Waals surface area contributed by atoms with Gasteiger partial charge in [0, 0.05) is 24.9 Å². The van der Waals surface area contributed by atoms with Crippen LogP contribution in [0.2, 0.25) is 0 Å². The predicted octanol–water partition coefficient (Wildman–Crippen LogP) is 0.606. The van der Waals surface area contributed by atoms with Gasteiger partial charge in [-0.25, -0.2) is 0 Å². The predicted molar refractivity (Wildman–Crippen MR) is 59.4 cm³/mol. The van der Waals surface area contributed by atoms with E-state index in [1.54, 1.807) is 11.8 Å². The first kappa shape index (κ1) is 10.3. The van der Waals surface area contributed by atoms with Gasteiger partial charge in [-0.2, -0.15) is 0 Å². The molecular formula is C10H18N2OS. The van der Waals surface area contributed by atoms with E-state index in [-0.39, 0.29) is 11.2 Å². The molecule has 2 rings (SSSR count). The lowest BCUT2D eigenvalue weighted by Gasteiger charge is -2.21. The highest BCUT2D eigenvalue weighted by molar-refractivity contribution is 8.00. The Bertz CT molecular complexity index is 236. The lowest BCUT2D eigenvalue weighted by molar-refractivity contribution is -0.120. The van der Waals surface area contributed by atoms with Gasteiger partial charge in [0.1, 0.15) is 0 Å². The Morgan fingerprint density at radius 3 is 2.79 bits per heavy atom. The van der Waals surface area contributed by atoms with Gasteiger partial charge >= 0.3 is 0 Å². The van der Waals surface area contributed by atoms with Crippen molar-refractivity contribution in [1.29, 1.82) is 0 Å². The normalized spacial score (nSPS) is 35.0. The van der Waals surface area contributed by atoms with E-state index in [9.17, 15) is 4.79 Å². The van der Waals surface area contributed by atoms with Gasteiger partial charge in [-0.05, 0) is 11.8 Å². The molecule has 1 saturated heterocycles. The number of hydrogen-bond donors (Lipinski definition) is 2. The minimum atomic E-state index is 0.125. The van der Waals surface area contributed by atoms with E-state index < -0.39 is 0 Å². The van der Waals surface area contributed by atoms with Crippen molar-refractivity contribution in [3.05, 3.63) is 0 Å². The molecule has 2 fully saturated rings. The van der Waals surface area contributed by atoms with Crippen LogP contribution in [0.4, 0.5) is 0 Å². The molecule has 14 heavy (non-hydrogen) atoms. The summed E-state index contributed by atoms with van der Waals surface area (Å²) in [6.45, 7) is 6.25. The smallest absolute Gasteiger partial charge is 0.234 e. The average Bonchev–Trinajstić information content (AvgIpc) is 2.75. The summed E-state index contributed by atoms with van der Waals surface area (Å²) >= 11 is 1.77. The molecule has 2 atom stereocenters. The van der Waals surface area contributed by atoms with Crippen LogP contribution in [0, 0.1) is 5.41 Å². The summed E-state index contributed by atoms with van der Waals surface area (Å²) in [7, 11) is 0. The van der Waals surface area contributed by atoms with Crippen LogP contribution in [0.3, 0.4) is 0 Å². The van der Waals surface area contributed by atoms with Crippen LogP contribution in [0.25, 0.3) is 0 Å². The fourth-order valence-corrected chi connectivity index (χ4v) is 2.71. The Kier molecular flexibility index (Phi) is 2.75. The maximum Gasteiger partial charge on any atom is 0.234 e. The molecule has 2 N–H and O–H groups in total. The molecule has 1 saturated carbocycles. The van der Waals surface area contributed by atoms with E-state index in [2.05, 4.69) is 24.5 Å². The Balaban J connectivity index is 1.78. The molecule has 1 amide bonds. The quantitative estimate of drug-likeness (QED) is 0.707. The van der Waals surface area contributed by atoms with Crippen molar-refractivity contribution in [2.75, 3.05) is 18.8 Å². The van der Waals surface area contributed by atoms with Crippen LogP contribution < -0.4 is 10.6 Å². The van der Waals surface area contributed by atoms with Gasteiger partial charge < -0.3 is 10.6 Å². The van der Waals surface area contributed by atoms with E-state index in [1.807, 2.05) is 0 Å². The molecule has 0 aromatic carbocycles. The molecule has 0 aromatic heterocycles. The zero-order valence-corrected chi connectivity index (χ0v) is 9.62. The third-order valence-corrected chi connectivity index (χ3v) is 4.27. The summed E-state index contributed by atoms with van der Waals surface area (Å²) in [5.74, 6) is 1.27.